The van der Waals surface area contributed by atoms with E-state index in [2.05, 4.69) is 10.2 Å². The number of rotatable bonds is 2. The summed E-state index contributed by atoms with van der Waals surface area (Å²) >= 11 is 0. The lowest BCUT2D eigenvalue weighted by molar-refractivity contribution is 0.101. The zero-order valence-corrected chi connectivity index (χ0v) is 13.7. The third kappa shape index (κ3) is 2.70. The smallest absolute Gasteiger partial charge is 0.159 e. The minimum absolute atomic E-state index is 0.0616. The molecule has 5 nitrogen and oxygen atoms in total. The van der Waals surface area contributed by atoms with Crippen LogP contribution in [0.5, 0.6) is 5.75 Å². The highest BCUT2D eigenvalue weighted by atomic mass is 16.3. The number of nitrogens with zero attached hydrogens (tertiary/aromatic N) is 3. The van der Waals surface area contributed by atoms with Crippen LogP contribution in [0.25, 0.3) is 16.7 Å². The van der Waals surface area contributed by atoms with Crippen LogP contribution in [0.15, 0.2) is 36.4 Å². The van der Waals surface area contributed by atoms with Crippen LogP contribution >= 0.6 is 0 Å². The molecule has 0 atom stereocenters. The fraction of sp³-hybridized carbons (Fsp3) is 0.278. The summed E-state index contributed by atoms with van der Waals surface area (Å²) < 4.78 is 0. The molecule has 0 saturated carbocycles. The van der Waals surface area contributed by atoms with Crippen molar-refractivity contribution in [1.82, 2.24) is 15.0 Å². The molecule has 0 bridgehead atoms. The molecule has 0 saturated heterocycles. The number of carbonyl (C=O) groups excluding carboxylic acids is 1. The van der Waals surface area contributed by atoms with Crippen LogP contribution in [0, 0.1) is 0 Å². The van der Waals surface area contributed by atoms with Gasteiger partial charge in [0.2, 0.25) is 0 Å². The Morgan fingerprint density at radius 2 is 1.65 bits per heavy atom. The second-order valence-electron chi connectivity index (χ2n) is 6.68. The minimum Gasteiger partial charge on any atom is -0.505 e. The molecule has 1 aromatic heterocycles. The van der Waals surface area contributed by atoms with Crippen LogP contribution < -0.4 is 0 Å². The van der Waals surface area contributed by atoms with Gasteiger partial charge < -0.3 is 5.11 Å². The first kappa shape index (κ1) is 15.2. The van der Waals surface area contributed by atoms with E-state index in [1.165, 1.54) is 11.7 Å². The Bertz CT molecular complexity index is 871. The van der Waals surface area contributed by atoms with Crippen molar-refractivity contribution in [1.29, 1.82) is 0 Å². The molecule has 3 rings (SSSR count). The van der Waals surface area contributed by atoms with E-state index in [0.29, 0.717) is 16.8 Å². The average Bonchev–Trinajstić information content (AvgIpc) is 2.89. The molecule has 0 fully saturated rings. The van der Waals surface area contributed by atoms with Crippen LogP contribution in [-0.2, 0) is 5.41 Å². The SMILES string of the molecule is CC(=O)c1cc(-n2nc3ccccc3n2)c(O)c(C(C)(C)C)c1. The minimum atomic E-state index is -0.309. The molecule has 0 amide bonds. The number of aromatic hydroxyl groups is 1. The monoisotopic (exact) mass is 309 g/mol. The molecular weight excluding hydrogens is 290 g/mol. The summed E-state index contributed by atoms with van der Waals surface area (Å²) in [6.45, 7) is 7.48. The van der Waals surface area contributed by atoms with Crippen molar-refractivity contribution in [3.05, 3.63) is 47.5 Å². The van der Waals surface area contributed by atoms with Crippen molar-refractivity contribution in [2.75, 3.05) is 0 Å². The van der Waals surface area contributed by atoms with E-state index in [0.717, 1.165) is 11.0 Å². The van der Waals surface area contributed by atoms with E-state index in [1.54, 1.807) is 12.1 Å². The number of benzene rings is 2. The fourth-order valence-electron chi connectivity index (χ4n) is 2.51. The van der Waals surface area contributed by atoms with Crippen molar-refractivity contribution in [3.8, 4) is 11.4 Å². The molecule has 1 heterocycles. The second kappa shape index (κ2) is 5.19. The zero-order valence-electron chi connectivity index (χ0n) is 13.7. The van der Waals surface area contributed by atoms with E-state index >= 15 is 0 Å². The summed E-state index contributed by atoms with van der Waals surface area (Å²) in [4.78, 5) is 13.3. The topological polar surface area (TPSA) is 68.0 Å². The molecule has 5 heteroatoms. The molecular formula is C18H19N3O2. The van der Waals surface area contributed by atoms with Crippen LogP contribution in [0.3, 0.4) is 0 Å². The van der Waals surface area contributed by atoms with Crippen molar-refractivity contribution in [2.45, 2.75) is 33.1 Å². The maximum Gasteiger partial charge on any atom is 0.159 e. The average molecular weight is 309 g/mol. The number of Topliss-reactive ketones (excluding diaryl/α,β-unsaturated/α-hetero) is 1. The van der Waals surface area contributed by atoms with E-state index in [4.69, 9.17) is 0 Å². The number of ketones is 1. The number of fused-ring (bicyclic) bond motifs is 1. The summed E-state index contributed by atoms with van der Waals surface area (Å²) in [6.07, 6.45) is 0. The molecule has 0 aliphatic carbocycles. The third-order valence-corrected chi connectivity index (χ3v) is 3.81. The highest BCUT2D eigenvalue weighted by Gasteiger charge is 2.24. The Hall–Kier alpha value is -2.69. The standard InChI is InChI=1S/C18H19N3O2/c1-11(22)12-9-13(18(2,3)4)17(23)16(10-12)21-19-14-7-5-6-8-15(14)20-21/h5-10,23H,1-4H3. The summed E-state index contributed by atoms with van der Waals surface area (Å²) in [6, 6.07) is 10.8. The number of aromatic nitrogens is 3. The van der Waals surface area contributed by atoms with Crippen molar-refractivity contribution in [2.24, 2.45) is 0 Å². The van der Waals surface area contributed by atoms with Gasteiger partial charge in [-0.1, -0.05) is 32.9 Å². The molecule has 23 heavy (non-hydrogen) atoms. The molecule has 118 valence electrons. The molecule has 0 aliphatic rings. The van der Waals surface area contributed by atoms with E-state index in [-0.39, 0.29) is 16.9 Å². The van der Waals surface area contributed by atoms with E-state index in [1.807, 2.05) is 45.0 Å². The zero-order chi connectivity index (χ0) is 16.8. The van der Waals surface area contributed by atoms with Crippen molar-refractivity contribution >= 4 is 16.8 Å². The van der Waals surface area contributed by atoms with Crippen LogP contribution in [0.4, 0.5) is 0 Å². The van der Waals surface area contributed by atoms with Gasteiger partial charge in [0.25, 0.3) is 0 Å². The fourth-order valence-corrected chi connectivity index (χ4v) is 2.51. The Balaban J connectivity index is 2.29. The van der Waals surface area contributed by atoms with Crippen LogP contribution in [0.2, 0.25) is 0 Å². The maximum atomic E-state index is 11.9. The second-order valence-corrected chi connectivity index (χ2v) is 6.68. The molecule has 0 unspecified atom stereocenters. The third-order valence-electron chi connectivity index (χ3n) is 3.81. The first-order chi connectivity index (χ1) is 10.8. The van der Waals surface area contributed by atoms with E-state index < -0.39 is 0 Å². The molecule has 0 aliphatic heterocycles. The Morgan fingerprint density at radius 1 is 1.09 bits per heavy atom. The number of hydrogen-bond donors (Lipinski definition) is 1. The van der Waals surface area contributed by atoms with E-state index in [9.17, 15) is 9.90 Å². The van der Waals surface area contributed by atoms with Gasteiger partial charge in [-0.3, -0.25) is 4.79 Å². The van der Waals surface area contributed by atoms with Gasteiger partial charge in [-0.25, -0.2) is 0 Å². The Kier molecular flexibility index (Phi) is 3.43. The quantitative estimate of drug-likeness (QED) is 0.734. The number of phenols is 1. The lowest BCUT2D eigenvalue weighted by Gasteiger charge is -2.22. The highest BCUT2D eigenvalue weighted by molar-refractivity contribution is 5.95. The summed E-state index contributed by atoms with van der Waals surface area (Å²) in [7, 11) is 0. The summed E-state index contributed by atoms with van der Waals surface area (Å²) in [5.41, 5.74) is 2.80. The van der Waals surface area contributed by atoms with Crippen molar-refractivity contribution in [3.63, 3.8) is 0 Å². The molecule has 2 aromatic carbocycles. The predicted molar refractivity (Wildman–Crippen MR) is 89.2 cm³/mol. The Morgan fingerprint density at radius 3 is 2.13 bits per heavy atom. The number of hydrogen-bond acceptors (Lipinski definition) is 4. The van der Waals surface area contributed by atoms with Gasteiger partial charge in [0.05, 0.1) is 0 Å². The van der Waals surface area contributed by atoms with Gasteiger partial charge in [0.1, 0.15) is 22.5 Å². The van der Waals surface area contributed by atoms with Gasteiger partial charge in [-0.2, -0.15) is 0 Å². The van der Waals surface area contributed by atoms with Crippen molar-refractivity contribution < 1.29 is 9.90 Å². The van der Waals surface area contributed by atoms with Gasteiger partial charge >= 0.3 is 0 Å². The predicted octanol–water partition coefficient (Wildman–Crippen LogP) is 3.63. The molecule has 0 spiro atoms. The van der Waals surface area contributed by atoms with Crippen LogP contribution in [0.1, 0.15) is 43.6 Å². The number of carbonyl (C=O) groups is 1. The first-order valence-corrected chi connectivity index (χ1v) is 7.48. The highest BCUT2D eigenvalue weighted by Crippen LogP contribution is 2.36. The van der Waals surface area contributed by atoms with Gasteiger partial charge in [0, 0.05) is 11.1 Å². The molecule has 0 radical (unpaired) electrons. The van der Waals surface area contributed by atoms with Gasteiger partial charge in [-0.15, -0.1) is 15.0 Å². The largest absolute Gasteiger partial charge is 0.505 e. The summed E-state index contributed by atoms with van der Waals surface area (Å²) in [5, 5.41) is 19.5. The Labute approximate surface area is 134 Å². The van der Waals surface area contributed by atoms with Gasteiger partial charge in [-0.05, 0) is 36.6 Å². The lowest BCUT2D eigenvalue weighted by Crippen LogP contribution is -2.14. The first-order valence-electron chi connectivity index (χ1n) is 7.48. The van der Waals surface area contributed by atoms with Gasteiger partial charge in [0.15, 0.2) is 5.78 Å². The molecule has 3 aromatic rings. The van der Waals surface area contributed by atoms with Crippen LogP contribution in [-0.4, -0.2) is 25.9 Å². The maximum absolute atomic E-state index is 11.9. The lowest BCUT2D eigenvalue weighted by atomic mass is 9.84. The number of phenolic OH excluding ortho intramolecular Hbond substituents is 1. The normalized spacial score (nSPS) is 11.8. The summed E-state index contributed by atoms with van der Waals surface area (Å²) in [5.74, 6) is 0.0382. The molecule has 1 N–H and O–H groups in total.